The molecule has 0 bridgehead atoms. The fraction of sp³-hybridized carbons (Fsp3) is 0.364. The Hall–Kier alpha value is -2.82. The summed E-state index contributed by atoms with van der Waals surface area (Å²) in [6, 6.07) is 17.2. The molecule has 2 amide bonds. The Labute approximate surface area is 160 Å². The summed E-state index contributed by atoms with van der Waals surface area (Å²) in [6.07, 6.45) is 2.39. The number of piperidine rings is 1. The number of rotatable bonds is 6. The van der Waals surface area contributed by atoms with Crippen molar-refractivity contribution >= 4 is 11.8 Å². The Morgan fingerprint density at radius 3 is 2.41 bits per heavy atom. The van der Waals surface area contributed by atoms with Gasteiger partial charge in [0.2, 0.25) is 0 Å². The van der Waals surface area contributed by atoms with Crippen LogP contribution in [0, 0.1) is 0 Å². The first-order valence-corrected chi connectivity index (χ1v) is 9.51. The molecule has 1 aliphatic rings. The molecule has 1 saturated heterocycles. The van der Waals surface area contributed by atoms with E-state index in [4.69, 9.17) is 4.74 Å². The molecule has 0 atom stereocenters. The Bertz CT molecular complexity index is 768. The molecule has 1 aliphatic heterocycles. The van der Waals surface area contributed by atoms with Crippen molar-refractivity contribution in [2.75, 3.05) is 19.7 Å². The third-order valence-electron chi connectivity index (χ3n) is 4.88. The summed E-state index contributed by atoms with van der Waals surface area (Å²) in [5, 5.41) is 3.02. The van der Waals surface area contributed by atoms with Crippen molar-refractivity contribution in [3.63, 3.8) is 0 Å². The summed E-state index contributed by atoms with van der Waals surface area (Å²) in [5.74, 6) is 0.701. The molecular weight excluding hydrogens is 340 g/mol. The lowest BCUT2D eigenvalue weighted by atomic mass is 10.0. The molecule has 0 saturated carbocycles. The lowest BCUT2D eigenvalue weighted by Gasteiger charge is -2.32. The molecule has 5 nitrogen and oxygen atoms in total. The van der Waals surface area contributed by atoms with Crippen LogP contribution in [0.25, 0.3) is 0 Å². The summed E-state index contributed by atoms with van der Waals surface area (Å²) in [5.41, 5.74) is 1.81. The molecule has 142 valence electrons. The largest absolute Gasteiger partial charge is 0.483 e. The first-order valence-electron chi connectivity index (χ1n) is 9.51. The minimum absolute atomic E-state index is 0.0141. The molecular formula is C22H26N2O3. The highest BCUT2D eigenvalue weighted by Crippen LogP contribution is 2.18. The highest BCUT2D eigenvalue weighted by molar-refractivity contribution is 5.94. The molecule has 0 unspecified atom stereocenters. The number of hydrogen-bond acceptors (Lipinski definition) is 3. The number of nitrogens with zero attached hydrogens (tertiary/aromatic N) is 1. The third kappa shape index (κ3) is 5.09. The molecule has 0 radical (unpaired) electrons. The summed E-state index contributed by atoms with van der Waals surface area (Å²) >= 11 is 0. The average Bonchev–Trinajstić information content (AvgIpc) is 2.73. The molecule has 5 heteroatoms. The van der Waals surface area contributed by atoms with E-state index >= 15 is 0 Å². The Balaban J connectivity index is 1.43. The molecule has 3 rings (SSSR count). The van der Waals surface area contributed by atoms with Gasteiger partial charge >= 0.3 is 0 Å². The number of nitrogens with one attached hydrogen (secondary N) is 1. The Morgan fingerprint density at radius 1 is 1.04 bits per heavy atom. The van der Waals surface area contributed by atoms with Crippen molar-refractivity contribution in [1.29, 1.82) is 0 Å². The van der Waals surface area contributed by atoms with Gasteiger partial charge in [0, 0.05) is 24.7 Å². The number of hydrogen-bond donors (Lipinski definition) is 1. The number of carbonyl (C=O) groups excluding carboxylic acids is 2. The molecule has 2 aromatic carbocycles. The van der Waals surface area contributed by atoms with Crippen LogP contribution >= 0.6 is 0 Å². The molecule has 2 aromatic rings. The maximum Gasteiger partial charge on any atom is 0.258 e. The Morgan fingerprint density at radius 2 is 1.70 bits per heavy atom. The van der Waals surface area contributed by atoms with Gasteiger partial charge in [0.15, 0.2) is 6.61 Å². The number of para-hydroxylation sites is 1. The van der Waals surface area contributed by atoms with Gasteiger partial charge in [0.05, 0.1) is 0 Å². The fourth-order valence-electron chi connectivity index (χ4n) is 3.34. The average molecular weight is 366 g/mol. The molecule has 0 aromatic heterocycles. The quantitative estimate of drug-likeness (QED) is 0.855. The van der Waals surface area contributed by atoms with Gasteiger partial charge in [-0.3, -0.25) is 9.59 Å². The number of carbonyl (C=O) groups is 2. The van der Waals surface area contributed by atoms with Gasteiger partial charge in [-0.15, -0.1) is 0 Å². The number of aryl methyl sites for hydroxylation is 1. The standard InChI is InChI=1S/C22H26N2O3/c1-2-17-8-6-7-11-20(17)27-16-21(25)23-19-12-14-24(15-13-19)22(26)18-9-4-3-5-10-18/h3-11,19H,2,12-16H2,1H3,(H,23,25). The SMILES string of the molecule is CCc1ccccc1OCC(=O)NC1CCN(C(=O)c2ccccc2)CC1. The second kappa shape index (κ2) is 9.21. The van der Waals surface area contributed by atoms with Crippen molar-refractivity contribution in [3.8, 4) is 5.75 Å². The van der Waals surface area contributed by atoms with Gasteiger partial charge in [-0.05, 0) is 43.0 Å². The lowest BCUT2D eigenvalue weighted by molar-refractivity contribution is -0.124. The summed E-state index contributed by atoms with van der Waals surface area (Å²) in [7, 11) is 0. The normalized spacial score (nSPS) is 14.6. The molecule has 27 heavy (non-hydrogen) atoms. The topological polar surface area (TPSA) is 58.6 Å². The van der Waals surface area contributed by atoms with Crippen molar-refractivity contribution in [2.24, 2.45) is 0 Å². The first kappa shape index (κ1) is 19.0. The second-order valence-electron chi connectivity index (χ2n) is 6.75. The molecule has 0 aliphatic carbocycles. The van der Waals surface area contributed by atoms with Crippen LogP contribution in [0.5, 0.6) is 5.75 Å². The Kier molecular flexibility index (Phi) is 6.47. The number of amides is 2. The van der Waals surface area contributed by atoms with Crippen LogP contribution in [0.2, 0.25) is 0 Å². The predicted octanol–water partition coefficient (Wildman–Crippen LogP) is 3.05. The van der Waals surface area contributed by atoms with E-state index in [9.17, 15) is 9.59 Å². The maximum atomic E-state index is 12.5. The maximum absolute atomic E-state index is 12.5. The molecule has 1 N–H and O–H groups in total. The predicted molar refractivity (Wildman–Crippen MR) is 105 cm³/mol. The van der Waals surface area contributed by atoms with Crippen LogP contribution in [-0.2, 0) is 11.2 Å². The van der Waals surface area contributed by atoms with Crippen LogP contribution in [0.3, 0.4) is 0 Å². The van der Waals surface area contributed by atoms with E-state index in [0.717, 1.165) is 30.6 Å². The van der Waals surface area contributed by atoms with E-state index in [1.165, 1.54) is 0 Å². The minimum Gasteiger partial charge on any atom is -0.483 e. The highest BCUT2D eigenvalue weighted by atomic mass is 16.5. The minimum atomic E-state index is -0.117. The van der Waals surface area contributed by atoms with Gasteiger partial charge in [-0.25, -0.2) is 0 Å². The van der Waals surface area contributed by atoms with Crippen molar-refractivity contribution in [3.05, 3.63) is 65.7 Å². The van der Waals surface area contributed by atoms with E-state index in [2.05, 4.69) is 12.2 Å². The van der Waals surface area contributed by atoms with Gasteiger partial charge in [0.1, 0.15) is 5.75 Å². The zero-order valence-electron chi connectivity index (χ0n) is 15.7. The zero-order valence-corrected chi connectivity index (χ0v) is 15.7. The van der Waals surface area contributed by atoms with Gasteiger partial charge in [0.25, 0.3) is 11.8 Å². The van der Waals surface area contributed by atoms with Gasteiger partial charge in [-0.1, -0.05) is 43.3 Å². The van der Waals surface area contributed by atoms with Gasteiger partial charge < -0.3 is 15.0 Å². The smallest absolute Gasteiger partial charge is 0.258 e. The highest BCUT2D eigenvalue weighted by Gasteiger charge is 2.24. The van der Waals surface area contributed by atoms with Crippen molar-refractivity contribution in [2.45, 2.75) is 32.2 Å². The summed E-state index contributed by atoms with van der Waals surface area (Å²) < 4.78 is 5.67. The summed E-state index contributed by atoms with van der Waals surface area (Å²) in [4.78, 5) is 26.5. The van der Waals surface area contributed by atoms with Crippen LogP contribution in [0.4, 0.5) is 0 Å². The molecule has 1 fully saturated rings. The zero-order chi connectivity index (χ0) is 19.1. The van der Waals surface area contributed by atoms with E-state index in [1.807, 2.05) is 59.5 Å². The number of benzene rings is 2. The van der Waals surface area contributed by atoms with E-state index in [0.29, 0.717) is 18.7 Å². The lowest BCUT2D eigenvalue weighted by Crippen LogP contribution is -2.47. The van der Waals surface area contributed by atoms with Crippen molar-refractivity contribution in [1.82, 2.24) is 10.2 Å². The van der Waals surface area contributed by atoms with Crippen LogP contribution < -0.4 is 10.1 Å². The van der Waals surface area contributed by atoms with E-state index in [1.54, 1.807) is 0 Å². The fourth-order valence-corrected chi connectivity index (χ4v) is 3.34. The number of likely N-dealkylation sites (tertiary alicyclic amines) is 1. The van der Waals surface area contributed by atoms with Gasteiger partial charge in [-0.2, -0.15) is 0 Å². The van der Waals surface area contributed by atoms with E-state index in [-0.39, 0.29) is 24.5 Å². The first-order chi connectivity index (χ1) is 13.2. The molecule has 0 spiro atoms. The monoisotopic (exact) mass is 366 g/mol. The van der Waals surface area contributed by atoms with Crippen LogP contribution in [0.1, 0.15) is 35.7 Å². The van der Waals surface area contributed by atoms with Crippen LogP contribution in [-0.4, -0.2) is 42.5 Å². The van der Waals surface area contributed by atoms with Crippen molar-refractivity contribution < 1.29 is 14.3 Å². The number of ether oxygens (including phenoxy) is 1. The van der Waals surface area contributed by atoms with Crippen LogP contribution in [0.15, 0.2) is 54.6 Å². The van der Waals surface area contributed by atoms with E-state index < -0.39 is 0 Å². The second-order valence-corrected chi connectivity index (χ2v) is 6.75. The molecule has 1 heterocycles. The third-order valence-corrected chi connectivity index (χ3v) is 4.88. The summed E-state index contributed by atoms with van der Waals surface area (Å²) in [6.45, 7) is 3.38.